The van der Waals surface area contributed by atoms with Crippen LogP contribution in [-0.2, 0) is 6.54 Å². The van der Waals surface area contributed by atoms with Crippen LogP contribution in [-0.4, -0.2) is 28.7 Å². The molecule has 1 fully saturated rings. The van der Waals surface area contributed by atoms with E-state index in [0.717, 1.165) is 32.0 Å². The van der Waals surface area contributed by atoms with Gasteiger partial charge in [0.25, 0.3) is 0 Å². The van der Waals surface area contributed by atoms with E-state index in [1.54, 1.807) is 0 Å². The fraction of sp³-hybridized carbons (Fsp3) is 0.667. The minimum Gasteiger partial charge on any atom is -0.339 e. The molecule has 1 aromatic heterocycles. The summed E-state index contributed by atoms with van der Waals surface area (Å²) >= 11 is 0. The number of hydrogen-bond donors (Lipinski definition) is 1. The molecule has 2 heterocycles. The Morgan fingerprint density at radius 1 is 1.62 bits per heavy atom. The Morgan fingerprint density at radius 3 is 3.00 bits per heavy atom. The van der Waals surface area contributed by atoms with Crippen molar-refractivity contribution in [2.45, 2.75) is 25.9 Å². The van der Waals surface area contributed by atoms with Gasteiger partial charge in [0, 0.05) is 38.1 Å². The highest BCUT2D eigenvalue weighted by Crippen LogP contribution is 2.17. The van der Waals surface area contributed by atoms with Gasteiger partial charge in [-0.2, -0.15) is 0 Å². The van der Waals surface area contributed by atoms with Gasteiger partial charge in [0.05, 0.1) is 0 Å². The van der Waals surface area contributed by atoms with E-state index in [4.69, 9.17) is 5.73 Å². The van der Waals surface area contributed by atoms with Gasteiger partial charge in [-0.25, -0.2) is 4.98 Å². The van der Waals surface area contributed by atoms with Crippen LogP contribution < -0.4 is 10.6 Å². The third kappa shape index (κ3) is 1.54. The van der Waals surface area contributed by atoms with Crippen molar-refractivity contribution in [2.75, 3.05) is 18.0 Å². The van der Waals surface area contributed by atoms with Crippen LogP contribution in [0.4, 0.5) is 5.95 Å². The highest BCUT2D eigenvalue weighted by Gasteiger charge is 2.25. The van der Waals surface area contributed by atoms with Gasteiger partial charge in [-0.05, 0) is 6.42 Å². The van der Waals surface area contributed by atoms with Crippen LogP contribution in [0.2, 0.25) is 0 Å². The second-order valence-electron chi connectivity index (χ2n) is 3.59. The fourth-order valence-corrected chi connectivity index (χ4v) is 1.68. The van der Waals surface area contributed by atoms with Crippen LogP contribution in [0.15, 0.2) is 12.4 Å². The summed E-state index contributed by atoms with van der Waals surface area (Å²) in [7, 11) is 0. The van der Waals surface area contributed by atoms with Crippen LogP contribution in [0.3, 0.4) is 0 Å². The molecule has 0 unspecified atom stereocenters. The second kappa shape index (κ2) is 3.38. The first-order valence-electron chi connectivity index (χ1n) is 4.83. The Kier molecular flexibility index (Phi) is 2.22. The molecule has 0 saturated carbocycles. The maximum atomic E-state index is 5.72. The van der Waals surface area contributed by atoms with Crippen LogP contribution >= 0.6 is 0 Å². The lowest BCUT2D eigenvalue weighted by molar-refractivity contribution is 0.495. The van der Waals surface area contributed by atoms with E-state index in [9.17, 15) is 0 Å². The van der Waals surface area contributed by atoms with Crippen molar-refractivity contribution >= 4 is 5.95 Å². The molecule has 2 N–H and O–H groups in total. The van der Waals surface area contributed by atoms with Crippen molar-refractivity contribution in [2.24, 2.45) is 5.73 Å². The number of nitrogens with two attached hydrogens (primary N) is 1. The van der Waals surface area contributed by atoms with Gasteiger partial charge in [0.15, 0.2) is 0 Å². The highest BCUT2D eigenvalue weighted by molar-refractivity contribution is 5.36. The number of aromatic nitrogens is 2. The topological polar surface area (TPSA) is 47.1 Å². The molecule has 0 aliphatic carbocycles. The number of aryl methyl sites for hydroxylation is 1. The van der Waals surface area contributed by atoms with Gasteiger partial charge in [-0.15, -0.1) is 0 Å². The standard InChI is InChI=1S/C9H16N4/c1-2-4-12-5-3-11-9(12)13-6-8(10)7-13/h3,5,8H,2,4,6-7,10H2,1H3. The average Bonchev–Trinajstić information content (AvgIpc) is 2.48. The molecule has 1 aliphatic rings. The van der Waals surface area contributed by atoms with Gasteiger partial charge in [0.2, 0.25) is 5.95 Å². The maximum Gasteiger partial charge on any atom is 0.205 e. The first kappa shape index (κ1) is 8.56. The number of nitrogens with zero attached hydrogens (tertiary/aromatic N) is 3. The van der Waals surface area contributed by atoms with Gasteiger partial charge >= 0.3 is 0 Å². The van der Waals surface area contributed by atoms with Gasteiger partial charge in [-0.1, -0.05) is 6.92 Å². The summed E-state index contributed by atoms with van der Waals surface area (Å²) in [4.78, 5) is 6.55. The van der Waals surface area contributed by atoms with Gasteiger partial charge in [-0.3, -0.25) is 0 Å². The minimum atomic E-state index is 0.340. The normalized spacial score (nSPS) is 17.5. The van der Waals surface area contributed by atoms with Crippen molar-refractivity contribution in [1.29, 1.82) is 0 Å². The number of anilines is 1. The number of rotatable bonds is 3. The molecule has 4 heteroatoms. The van der Waals surface area contributed by atoms with E-state index in [-0.39, 0.29) is 0 Å². The number of imidazole rings is 1. The summed E-state index contributed by atoms with van der Waals surface area (Å²) in [6.07, 6.45) is 5.03. The largest absolute Gasteiger partial charge is 0.339 e. The quantitative estimate of drug-likeness (QED) is 0.734. The molecule has 0 spiro atoms. The fourth-order valence-electron chi connectivity index (χ4n) is 1.68. The molecule has 1 saturated heterocycles. The summed E-state index contributed by atoms with van der Waals surface area (Å²) < 4.78 is 2.19. The zero-order valence-electron chi connectivity index (χ0n) is 7.98. The third-order valence-corrected chi connectivity index (χ3v) is 2.35. The molecule has 0 atom stereocenters. The van der Waals surface area contributed by atoms with E-state index in [1.807, 2.05) is 12.4 Å². The first-order valence-corrected chi connectivity index (χ1v) is 4.83. The highest BCUT2D eigenvalue weighted by atomic mass is 15.3. The van der Waals surface area contributed by atoms with E-state index >= 15 is 0 Å². The molecular formula is C9H16N4. The summed E-state index contributed by atoms with van der Waals surface area (Å²) in [6, 6.07) is 0.340. The first-order chi connectivity index (χ1) is 6.31. The molecule has 0 aromatic carbocycles. The van der Waals surface area contributed by atoms with Crippen LogP contribution in [0.5, 0.6) is 0 Å². The Morgan fingerprint density at radius 2 is 2.38 bits per heavy atom. The monoisotopic (exact) mass is 180 g/mol. The van der Waals surface area contributed by atoms with Crippen LogP contribution in [0.25, 0.3) is 0 Å². The lowest BCUT2D eigenvalue weighted by atomic mass is 10.1. The van der Waals surface area contributed by atoms with E-state index in [0.29, 0.717) is 6.04 Å². The third-order valence-electron chi connectivity index (χ3n) is 2.35. The van der Waals surface area contributed by atoms with Crippen molar-refractivity contribution in [3.63, 3.8) is 0 Å². The maximum absolute atomic E-state index is 5.72. The van der Waals surface area contributed by atoms with Crippen molar-refractivity contribution < 1.29 is 0 Å². The lowest BCUT2D eigenvalue weighted by Crippen LogP contribution is -2.56. The predicted octanol–water partition coefficient (Wildman–Crippen LogP) is 0.440. The van der Waals surface area contributed by atoms with Crippen molar-refractivity contribution in [1.82, 2.24) is 9.55 Å². The summed E-state index contributed by atoms with van der Waals surface area (Å²) in [5.41, 5.74) is 5.72. The van der Waals surface area contributed by atoms with Gasteiger partial charge < -0.3 is 15.2 Å². The molecule has 1 aromatic rings. The molecule has 0 radical (unpaired) electrons. The van der Waals surface area contributed by atoms with E-state index in [1.165, 1.54) is 0 Å². The van der Waals surface area contributed by atoms with Crippen molar-refractivity contribution in [3.8, 4) is 0 Å². The van der Waals surface area contributed by atoms with Crippen LogP contribution in [0.1, 0.15) is 13.3 Å². The molecule has 0 amide bonds. The summed E-state index contributed by atoms with van der Waals surface area (Å²) in [6.45, 7) is 5.11. The number of hydrogen-bond acceptors (Lipinski definition) is 3. The second-order valence-corrected chi connectivity index (χ2v) is 3.59. The zero-order valence-corrected chi connectivity index (χ0v) is 7.98. The Bertz CT molecular complexity index is 275. The molecule has 2 rings (SSSR count). The summed E-state index contributed by atoms with van der Waals surface area (Å²) in [5, 5.41) is 0. The van der Waals surface area contributed by atoms with Gasteiger partial charge in [0.1, 0.15) is 0 Å². The Hall–Kier alpha value is -1.03. The molecular weight excluding hydrogens is 164 g/mol. The van der Waals surface area contributed by atoms with E-state index < -0.39 is 0 Å². The zero-order chi connectivity index (χ0) is 9.26. The lowest BCUT2D eigenvalue weighted by Gasteiger charge is -2.37. The Balaban J connectivity index is 2.06. The molecule has 0 bridgehead atoms. The average molecular weight is 180 g/mol. The molecule has 1 aliphatic heterocycles. The van der Waals surface area contributed by atoms with Crippen LogP contribution in [0, 0.1) is 0 Å². The minimum absolute atomic E-state index is 0.340. The SMILES string of the molecule is CCCn1ccnc1N1CC(N)C1. The Labute approximate surface area is 78.4 Å². The summed E-state index contributed by atoms with van der Waals surface area (Å²) in [5.74, 6) is 1.07. The molecule has 13 heavy (non-hydrogen) atoms. The molecule has 4 nitrogen and oxygen atoms in total. The predicted molar refractivity (Wildman–Crippen MR) is 52.7 cm³/mol. The van der Waals surface area contributed by atoms with Crippen molar-refractivity contribution in [3.05, 3.63) is 12.4 Å². The smallest absolute Gasteiger partial charge is 0.205 e. The van der Waals surface area contributed by atoms with E-state index in [2.05, 4.69) is 21.4 Å². The molecule has 72 valence electrons.